The monoisotopic (exact) mass is 340 g/mol. The summed E-state index contributed by atoms with van der Waals surface area (Å²) in [6.45, 7) is 1.24. The van der Waals surface area contributed by atoms with Crippen LogP contribution < -0.4 is 15.0 Å². The largest absolute Gasteiger partial charge is 0.481 e. The molecule has 1 aliphatic heterocycles. The van der Waals surface area contributed by atoms with Gasteiger partial charge in [0, 0.05) is 25.7 Å². The number of anilines is 1. The zero-order valence-corrected chi connectivity index (χ0v) is 13.9. The van der Waals surface area contributed by atoms with Gasteiger partial charge in [-0.25, -0.2) is 4.98 Å². The molecule has 0 radical (unpaired) electrons. The van der Waals surface area contributed by atoms with Crippen LogP contribution in [0.15, 0.2) is 12.3 Å². The molecule has 8 heteroatoms. The molecular weight excluding hydrogens is 318 g/mol. The molecular formula is C16H22F2N4O2. The minimum atomic E-state index is -3.38. The molecule has 1 saturated heterocycles. The molecule has 1 saturated carbocycles. The normalized spacial score (nSPS) is 22.8. The smallest absolute Gasteiger partial charge is 0.321 e. The van der Waals surface area contributed by atoms with E-state index in [1.807, 2.05) is 0 Å². The van der Waals surface area contributed by atoms with Crippen molar-refractivity contribution >= 4 is 11.9 Å². The van der Waals surface area contributed by atoms with Gasteiger partial charge in [0.05, 0.1) is 18.7 Å². The molecule has 1 N–H and O–H groups in total. The van der Waals surface area contributed by atoms with Crippen LogP contribution in [0.1, 0.15) is 39.0 Å². The Labute approximate surface area is 139 Å². The second-order valence-electron chi connectivity index (χ2n) is 6.56. The van der Waals surface area contributed by atoms with Crippen LogP contribution in [-0.4, -0.2) is 47.0 Å². The van der Waals surface area contributed by atoms with E-state index in [1.54, 1.807) is 12.3 Å². The molecule has 132 valence electrons. The van der Waals surface area contributed by atoms with E-state index in [0.717, 1.165) is 25.7 Å². The number of nitrogens with zero attached hydrogens (tertiary/aromatic N) is 3. The molecule has 2 fully saturated rings. The maximum atomic E-state index is 13.3. The molecule has 0 aromatic carbocycles. The van der Waals surface area contributed by atoms with Gasteiger partial charge >= 0.3 is 5.92 Å². The van der Waals surface area contributed by atoms with E-state index in [4.69, 9.17) is 4.74 Å². The summed E-state index contributed by atoms with van der Waals surface area (Å²) in [5, 5.41) is 2.56. The van der Waals surface area contributed by atoms with Gasteiger partial charge in [0.25, 0.3) is 5.91 Å². The summed E-state index contributed by atoms with van der Waals surface area (Å²) in [6, 6.07) is 1.34. The number of halogens is 2. The third kappa shape index (κ3) is 2.89. The lowest BCUT2D eigenvalue weighted by molar-refractivity contribution is -0.144. The van der Waals surface area contributed by atoms with Gasteiger partial charge in [0.2, 0.25) is 11.8 Å². The number of alkyl halides is 2. The lowest BCUT2D eigenvalue weighted by Crippen LogP contribution is -2.57. The molecule has 1 aliphatic carbocycles. The molecule has 1 atom stereocenters. The number of nitrogens with one attached hydrogen (secondary N) is 1. The molecule has 3 rings (SSSR count). The van der Waals surface area contributed by atoms with E-state index >= 15 is 0 Å². The first-order valence-corrected chi connectivity index (χ1v) is 8.20. The molecule has 1 amide bonds. The van der Waals surface area contributed by atoms with Crippen LogP contribution in [0.4, 0.5) is 14.7 Å². The lowest BCUT2D eigenvalue weighted by Gasteiger charge is -2.39. The van der Waals surface area contributed by atoms with Gasteiger partial charge < -0.3 is 15.0 Å². The van der Waals surface area contributed by atoms with E-state index in [-0.39, 0.29) is 6.04 Å². The summed E-state index contributed by atoms with van der Waals surface area (Å²) in [5.41, 5.74) is -0.396. The van der Waals surface area contributed by atoms with Gasteiger partial charge in [-0.05, 0) is 19.3 Å². The highest BCUT2D eigenvalue weighted by Crippen LogP contribution is 2.45. The molecule has 1 unspecified atom stereocenters. The van der Waals surface area contributed by atoms with Crippen molar-refractivity contribution < 1.29 is 18.3 Å². The van der Waals surface area contributed by atoms with E-state index in [9.17, 15) is 13.6 Å². The molecule has 24 heavy (non-hydrogen) atoms. The molecule has 1 aromatic rings. The third-order valence-electron chi connectivity index (χ3n) is 5.07. The Balaban J connectivity index is 1.88. The summed E-state index contributed by atoms with van der Waals surface area (Å²) in [6.07, 6.45) is 5.87. The quantitative estimate of drug-likeness (QED) is 0.910. The van der Waals surface area contributed by atoms with Crippen molar-refractivity contribution in [3.8, 4) is 5.88 Å². The Bertz CT molecular complexity index is 614. The van der Waals surface area contributed by atoms with Crippen molar-refractivity contribution in [1.29, 1.82) is 0 Å². The van der Waals surface area contributed by atoms with Crippen molar-refractivity contribution in [1.82, 2.24) is 15.3 Å². The molecule has 1 spiro atoms. The van der Waals surface area contributed by atoms with Crippen LogP contribution in [0.5, 0.6) is 5.88 Å². The predicted molar refractivity (Wildman–Crippen MR) is 84.3 cm³/mol. The number of rotatable bonds is 4. The van der Waals surface area contributed by atoms with Gasteiger partial charge in [-0.15, -0.1) is 0 Å². The Hall–Kier alpha value is -1.99. The topological polar surface area (TPSA) is 67.3 Å². The summed E-state index contributed by atoms with van der Waals surface area (Å²) in [5.74, 6) is -3.61. The van der Waals surface area contributed by atoms with Gasteiger partial charge in [-0.2, -0.15) is 13.8 Å². The van der Waals surface area contributed by atoms with Crippen molar-refractivity contribution in [3.63, 3.8) is 0 Å². The average molecular weight is 340 g/mol. The average Bonchev–Trinajstić information content (AvgIpc) is 3.16. The maximum absolute atomic E-state index is 13.3. The molecule has 6 nitrogen and oxygen atoms in total. The lowest BCUT2D eigenvalue weighted by atomic mass is 9.89. The fourth-order valence-electron chi connectivity index (χ4n) is 3.91. The molecule has 0 bridgehead atoms. The highest BCUT2D eigenvalue weighted by atomic mass is 19.3. The highest BCUT2D eigenvalue weighted by Gasteiger charge is 2.53. The zero-order chi connectivity index (χ0) is 17.4. The number of hydrogen-bond donors (Lipinski definition) is 1. The minimum Gasteiger partial charge on any atom is -0.481 e. The van der Waals surface area contributed by atoms with Crippen LogP contribution in [0, 0.1) is 0 Å². The third-order valence-corrected chi connectivity index (χ3v) is 5.07. The highest BCUT2D eigenvalue weighted by molar-refractivity contribution is 5.83. The van der Waals surface area contributed by atoms with Crippen LogP contribution in [0.3, 0.4) is 0 Å². The number of ether oxygens (including phenoxy) is 1. The predicted octanol–water partition coefficient (Wildman–Crippen LogP) is 2.15. The van der Waals surface area contributed by atoms with Crippen molar-refractivity contribution in [3.05, 3.63) is 12.3 Å². The van der Waals surface area contributed by atoms with Gasteiger partial charge in [-0.1, -0.05) is 12.8 Å². The number of carbonyl (C=O) groups excluding carboxylic acids is 1. The first kappa shape index (κ1) is 16.9. The van der Waals surface area contributed by atoms with E-state index in [0.29, 0.717) is 31.7 Å². The fraction of sp³-hybridized carbons (Fsp3) is 0.688. The Morgan fingerprint density at radius 1 is 1.46 bits per heavy atom. The first-order chi connectivity index (χ1) is 11.4. The summed E-state index contributed by atoms with van der Waals surface area (Å²) >= 11 is 0. The van der Waals surface area contributed by atoms with Gasteiger partial charge in [0.15, 0.2) is 0 Å². The number of aromatic nitrogens is 2. The maximum Gasteiger partial charge on any atom is 0.321 e. The van der Waals surface area contributed by atoms with E-state index < -0.39 is 17.4 Å². The molecule has 1 aromatic heterocycles. The van der Waals surface area contributed by atoms with Crippen LogP contribution in [-0.2, 0) is 4.79 Å². The van der Waals surface area contributed by atoms with E-state index in [2.05, 4.69) is 20.2 Å². The Morgan fingerprint density at radius 3 is 2.79 bits per heavy atom. The van der Waals surface area contributed by atoms with E-state index in [1.165, 1.54) is 7.11 Å². The van der Waals surface area contributed by atoms with Gasteiger partial charge in [-0.3, -0.25) is 4.79 Å². The van der Waals surface area contributed by atoms with Crippen LogP contribution in [0.2, 0.25) is 0 Å². The number of amides is 1. The number of methoxy groups -OCH3 is 1. The molecule has 2 heterocycles. The van der Waals surface area contributed by atoms with Crippen molar-refractivity contribution in [2.24, 2.45) is 0 Å². The zero-order valence-electron chi connectivity index (χ0n) is 13.9. The standard InChI is InChI=1S/C16H22F2N4O2/c1-15(17,18)13(23)20-11-6-10-22(16(11)7-3-4-8-16)14-19-9-5-12(21-14)24-2/h5,9,11H,3-4,6-8,10H2,1-2H3,(H,20,23). The summed E-state index contributed by atoms with van der Waals surface area (Å²) in [4.78, 5) is 22.5. The van der Waals surface area contributed by atoms with Crippen LogP contribution >= 0.6 is 0 Å². The summed E-state index contributed by atoms with van der Waals surface area (Å²) in [7, 11) is 1.54. The van der Waals surface area contributed by atoms with Crippen molar-refractivity contribution in [2.45, 2.75) is 56.5 Å². The Morgan fingerprint density at radius 2 is 2.17 bits per heavy atom. The second kappa shape index (κ2) is 6.14. The number of hydrogen-bond acceptors (Lipinski definition) is 5. The SMILES string of the molecule is COc1ccnc(N2CCC(NC(=O)C(C)(F)F)C23CCCC3)n1. The van der Waals surface area contributed by atoms with Crippen LogP contribution in [0.25, 0.3) is 0 Å². The minimum absolute atomic E-state index is 0.326. The number of carbonyl (C=O) groups is 1. The summed E-state index contributed by atoms with van der Waals surface area (Å²) < 4.78 is 31.7. The second-order valence-corrected chi connectivity index (χ2v) is 6.56. The van der Waals surface area contributed by atoms with Gasteiger partial charge in [0.1, 0.15) is 0 Å². The molecule has 2 aliphatic rings. The fourth-order valence-corrected chi connectivity index (χ4v) is 3.91. The van der Waals surface area contributed by atoms with Crippen molar-refractivity contribution in [2.75, 3.05) is 18.6 Å². The Kier molecular flexibility index (Phi) is 4.31. The first-order valence-electron chi connectivity index (χ1n) is 8.20.